The van der Waals surface area contributed by atoms with E-state index in [0.717, 1.165) is 18.2 Å². The van der Waals surface area contributed by atoms with Crippen LogP contribution in [0.2, 0.25) is 0 Å². The largest absolute Gasteiger partial charge is 0.379 e. The van der Waals surface area contributed by atoms with Crippen molar-refractivity contribution in [2.75, 3.05) is 20.3 Å². The molecule has 1 N–H and O–H groups in total. The van der Waals surface area contributed by atoms with Gasteiger partial charge in [0.15, 0.2) is 5.78 Å². The Labute approximate surface area is 97.8 Å². The first kappa shape index (κ1) is 12.1. The smallest absolute Gasteiger partial charge is 0.172 e. The second-order valence-electron chi connectivity index (χ2n) is 4.03. The lowest BCUT2D eigenvalue weighted by Gasteiger charge is -2.15. The van der Waals surface area contributed by atoms with Gasteiger partial charge in [0.05, 0.1) is 24.7 Å². The van der Waals surface area contributed by atoms with Crippen LogP contribution < -0.4 is 5.32 Å². The molecule has 1 saturated heterocycles. The number of ether oxygens (including phenoxy) is 1. The lowest BCUT2D eigenvalue weighted by atomic mass is 9.93. The van der Waals surface area contributed by atoms with E-state index in [1.165, 1.54) is 0 Å². The Kier molecular flexibility index (Phi) is 3.49. The highest BCUT2D eigenvalue weighted by Crippen LogP contribution is 2.21. The van der Waals surface area contributed by atoms with Gasteiger partial charge in [-0.2, -0.15) is 0 Å². The molecule has 1 aliphatic heterocycles. The van der Waals surface area contributed by atoms with Crippen LogP contribution in [0.15, 0.2) is 18.2 Å². The van der Waals surface area contributed by atoms with Crippen molar-refractivity contribution in [2.45, 2.75) is 6.04 Å². The van der Waals surface area contributed by atoms with Crippen molar-refractivity contribution >= 4 is 5.78 Å². The van der Waals surface area contributed by atoms with Gasteiger partial charge >= 0.3 is 0 Å². The zero-order chi connectivity index (χ0) is 12.4. The van der Waals surface area contributed by atoms with E-state index in [2.05, 4.69) is 5.32 Å². The molecule has 92 valence electrons. The number of hydrogen-bond acceptors (Lipinski definition) is 3. The zero-order valence-electron chi connectivity index (χ0n) is 9.37. The average Bonchev–Trinajstić information content (AvgIpc) is 2.79. The Bertz CT molecular complexity index is 437. The molecule has 17 heavy (non-hydrogen) atoms. The summed E-state index contributed by atoms with van der Waals surface area (Å²) in [5.74, 6) is -2.19. The summed E-state index contributed by atoms with van der Waals surface area (Å²) < 4.78 is 31.6. The van der Waals surface area contributed by atoms with Crippen LogP contribution in [-0.2, 0) is 4.74 Å². The standard InChI is InChI=1S/C12H13F2NO2/c1-15-11-6-17-5-9(11)12(16)8-4-7(13)2-3-10(8)14/h2-4,9,11,15H,5-6H2,1H3. The van der Waals surface area contributed by atoms with E-state index >= 15 is 0 Å². The minimum atomic E-state index is -0.696. The van der Waals surface area contributed by atoms with E-state index in [9.17, 15) is 13.6 Å². The van der Waals surface area contributed by atoms with Gasteiger partial charge in [0.25, 0.3) is 0 Å². The fourth-order valence-corrected chi connectivity index (χ4v) is 1.98. The maximum Gasteiger partial charge on any atom is 0.172 e. The fraction of sp³-hybridized carbons (Fsp3) is 0.417. The molecular weight excluding hydrogens is 228 g/mol. The Morgan fingerprint density at radius 1 is 1.41 bits per heavy atom. The summed E-state index contributed by atoms with van der Waals surface area (Å²) in [4.78, 5) is 12.1. The predicted molar refractivity (Wildman–Crippen MR) is 57.8 cm³/mol. The predicted octanol–water partition coefficient (Wildman–Crippen LogP) is 1.38. The van der Waals surface area contributed by atoms with Gasteiger partial charge in [0, 0.05) is 6.04 Å². The van der Waals surface area contributed by atoms with Gasteiger partial charge < -0.3 is 10.1 Å². The number of likely N-dealkylation sites (N-methyl/N-ethyl adjacent to an activating group) is 1. The molecule has 1 fully saturated rings. The molecule has 0 bridgehead atoms. The van der Waals surface area contributed by atoms with E-state index in [-0.39, 0.29) is 18.2 Å². The van der Waals surface area contributed by atoms with E-state index in [1.807, 2.05) is 0 Å². The molecule has 0 aromatic heterocycles. The van der Waals surface area contributed by atoms with Crippen molar-refractivity contribution in [1.29, 1.82) is 0 Å². The number of Topliss-reactive ketones (excluding diaryl/α,β-unsaturated/α-hetero) is 1. The van der Waals surface area contributed by atoms with Gasteiger partial charge in [-0.15, -0.1) is 0 Å². The van der Waals surface area contributed by atoms with Crippen molar-refractivity contribution in [1.82, 2.24) is 5.32 Å². The van der Waals surface area contributed by atoms with Gasteiger partial charge in [0.1, 0.15) is 11.6 Å². The summed E-state index contributed by atoms with van der Waals surface area (Å²) in [6.07, 6.45) is 0. The lowest BCUT2D eigenvalue weighted by Crippen LogP contribution is -2.37. The summed E-state index contributed by atoms with van der Waals surface area (Å²) in [7, 11) is 1.71. The Balaban J connectivity index is 2.27. The van der Waals surface area contributed by atoms with Crippen LogP contribution in [0.5, 0.6) is 0 Å². The quantitative estimate of drug-likeness (QED) is 0.812. The molecule has 2 rings (SSSR count). The number of hydrogen-bond donors (Lipinski definition) is 1. The topological polar surface area (TPSA) is 38.3 Å². The van der Waals surface area contributed by atoms with Crippen LogP contribution in [0.3, 0.4) is 0 Å². The zero-order valence-corrected chi connectivity index (χ0v) is 9.37. The molecular formula is C12H13F2NO2. The van der Waals surface area contributed by atoms with Gasteiger partial charge in [-0.05, 0) is 25.2 Å². The Hall–Kier alpha value is -1.33. The third kappa shape index (κ3) is 2.35. The number of carbonyl (C=O) groups excluding carboxylic acids is 1. The van der Waals surface area contributed by atoms with E-state index < -0.39 is 23.3 Å². The molecule has 0 aliphatic carbocycles. The third-order valence-electron chi connectivity index (χ3n) is 2.98. The van der Waals surface area contributed by atoms with Crippen molar-refractivity contribution in [3.63, 3.8) is 0 Å². The van der Waals surface area contributed by atoms with Gasteiger partial charge in [-0.3, -0.25) is 4.79 Å². The minimum absolute atomic E-state index is 0.148. The molecule has 0 saturated carbocycles. The van der Waals surface area contributed by atoms with Crippen LogP contribution in [0.4, 0.5) is 8.78 Å². The second kappa shape index (κ2) is 4.89. The highest BCUT2D eigenvalue weighted by molar-refractivity contribution is 5.98. The van der Waals surface area contributed by atoms with Gasteiger partial charge in [-0.25, -0.2) is 8.78 Å². The molecule has 0 amide bonds. The number of carbonyl (C=O) groups is 1. The monoisotopic (exact) mass is 241 g/mol. The van der Waals surface area contributed by atoms with Crippen LogP contribution in [0.25, 0.3) is 0 Å². The first-order chi connectivity index (χ1) is 8.13. The van der Waals surface area contributed by atoms with Crippen molar-refractivity contribution < 1.29 is 18.3 Å². The average molecular weight is 241 g/mol. The maximum atomic E-state index is 13.5. The van der Waals surface area contributed by atoms with Crippen LogP contribution in [0, 0.1) is 17.6 Å². The first-order valence-electron chi connectivity index (χ1n) is 5.37. The number of benzene rings is 1. The minimum Gasteiger partial charge on any atom is -0.379 e. The van der Waals surface area contributed by atoms with E-state index in [1.54, 1.807) is 7.05 Å². The van der Waals surface area contributed by atoms with E-state index in [0.29, 0.717) is 6.61 Å². The molecule has 1 aromatic rings. The van der Waals surface area contributed by atoms with Gasteiger partial charge in [0.2, 0.25) is 0 Å². The molecule has 2 atom stereocenters. The molecule has 1 heterocycles. The summed E-state index contributed by atoms with van der Waals surface area (Å²) in [5.41, 5.74) is -0.208. The lowest BCUT2D eigenvalue weighted by molar-refractivity contribution is 0.0888. The highest BCUT2D eigenvalue weighted by atomic mass is 19.1. The Morgan fingerprint density at radius 3 is 2.88 bits per heavy atom. The first-order valence-corrected chi connectivity index (χ1v) is 5.37. The highest BCUT2D eigenvalue weighted by Gasteiger charge is 2.34. The van der Waals surface area contributed by atoms with Crippen molar-refractivity contribution in [3.05, 3.63) is 35.4 Å². The molecule has 1 aliphatic rings. The number of rotatable bonds is 3. The normalized spacial score (nSPS) is 23.9. The second-order valence-corrected chi connectivity index (χ2v) is 4.03. The molecule has 0 spiro atoms. The molecule has 5 heteroatoms. The molecule has 1 aromatic carbocycles. The number of nitrogens with one attached hydrogen (secondary N) is 1. The molecule has 3 nitrogen and oxygen atoms in total. The number of halogens is 2. The SMILES string of the molecule is CNC1COCC1C(=O)c1cc(F)ccc1F. The number of ketones is 1. The van der Waals surface area contributed by atoms with Crippen LogP contribution in [0.1, 0.15) is 10.4 Å². The summed E-state index contributed by atoms with van der Waals surface area (Å²) in [6, 6.07) is 2.74. The third-order valence-corrected chi connectivity index (χ3v) is 2.98. The van der Waals surface area contributed by atoms with Crippen LogP contribution in [-0.4, -0.2) is 32.1 Å². The van der Waals surface area contributed by atoms with Crippen molar-refractivity contribution in [2.24, 2.45) is 5.92 Å². The maximum absolute atomic E-state index is 13.5. The summed E-state index contributed by atoms with van der Waals surface area (Å²) in [6.45, 7) is 0.643. The van der Waals surface area contributed by atoms with Gasteiger partial charge in [-0.1, -0.05) is 0 Å². The van der Waals surface area contributed by atoms with Crippen molar-refractivity contribution in [3.8, 4) is 0 Å². The fourth-order valence-electron chi connectivity index (χ4n) is 1.98. The summed E-state index contributed by atoms with van der Waals surface area (Å²) in [5, 5.41) is 2.94. The Morgan fingerprint density at radius 2 is 2.18 bits per heavy atom. The molecule has 2 unspecified atom stereocenters. The van der Waals surface area contributed by atoms with Crippen LogP contribution >= 0.6 is 0 Å². The van der Waals surface area contributed by atoms with E-state index in [4.69, 9.17) is 4.74 Å². The molecule has 0 radical (unpaired) electrons. The summed E-state index contributed by atoms with van der Waals surface area (Å²) >= 11 is 0.